The van der Waals surface area contributed by atoms with E-state index in [-0.39, 0.29) is 0 Å². The molecule has 0 aromatic carbocycles. The zero-order valence-electron chi connectivity index (χ0n) is 10.4. The van der Waals surface area contributed by atoms with Crippen LogP contribution in [0.1, 0.15) is 57.7 Å². The molecule has 1 aliphatic rings. The molecule has 0 saturated heterocycles. The molecule has 4 nitrogen and oxygen atoms in total. The molecule has 1 N–H and O–H groups in total. The van der Waals surface area contributed by atoms with Crippen LogP contribution in [0.4, 0.5) is 0 Å². The molecule has 0 radical (unpaired) electrons. The number of hydrogen-bond donors (Lipinski definition) is 1. The van der Waals surface area contributed by atoms with Crippen LogP contribution in [-0.4, -0.2) is 16.2 Å². The SMILES string of the molecule is CC(C)NCc1noc(C2CCCC2C)n1. The molecule has 1 aromatic rings. The average Bonchev–Trinajstić information content (AvgIpc) is 2.83. The second kappa shape index (κ2) is 4.95. The van der Waals surface area contributed by atoms with Gasteiger partial charge in [0.05, 0.1) is 6.54 Å². The van der Waals surface area contributed by atoms with Crippen LogP contribution in [0.2, 0.25) is 0 Å². The highest BCUT2D eigenvalue weighted by Crippen LogP contribution is 2.38. The summed E-state index contributed by atoms with van der Waals surface area (Å²) in [4.78, 5) is 4.47. The van der Waals surface area contributed by atoms with Gasteiger partial charge in [0.2, 0.25) is 5.89 Å². The van der Waals surface area contributed by atoms with Crippen molar-refractivity contribution < 1.29 is 4.52 Å². The molecule has 0 bridgehead atoms. The summed E-state index contributed by atoms with van der Waals surface area (Å²) >= 11 is 0. The van der Waals surface area contributed by atoms with Crippen molar-refractivity contribution >= 4 is 0 Å². The van der Waals surface area contributed by atoms with Crippen LogP contribution in [0.25, 0.3) is 0 Å². The monoisotopic (exact) mass is 223 g/mol. The first-order valence-electron chi connectivity index (χ1n) is 6.22. The molecule has 1 fully saturated rings. The molecule has 0 aliphatic heterocycles. The third-order valence-electron chi connectivity index (χ3n) is 3.33. The number of nitrogens with one attached hydrogen (secondary N) is 1. The van der Waals surface area contributed by atoms with E-state index in [9.17, 15) is 0 Å². The first-order valence-corrected chi connectivity index (χ1v) is 6.22. The van der Waals surface area contributed by atoms with Crippen molar-refractivity contribution in [1.29, 1.82) is 0 Å². The van der Waals surface area contributed by atoms with Crippen molar-refractivity contribution in [2.24, 2.45) is 5.92 Å². The Morgan fingerprint density at radius 1 is 1.44 bits per heavy atom. The maximum Gasteiger partial charge on any atom is 0.230 e. The zero-order valence-corrected chi connectivity index (χ0v) is 10.4. The van der Waals surface area contributed by atoms with Crippen molar-refractivity contribution in [3.8, 4) is 0 Å². The normalized spacial score (nSPS) is 25.5. The van der Waals surface area contributed by atoms with Crippen LogP contribution < -0.4 is 5.32 Å². The average molecular weight is 223 g/mol. The molecule has 90 valence electrons. The van der Waals surface area contributed by atoms with Gasteiger partial charge in [-0.15, -0.1) is 0 Å². The van der Waals surface area contributed by atoms with Gasteiger partial charge in [-0.25, -0.2) is 0 Å². The highest BCUT2D eigenvalue weighted by Gasteiger charge is 2.29. The Balaban J connectivity index is 1.96. The highest BCUT2D eigenvalue weighted by atomic mass is 16.5. The van der Waals surface area contributed by atoms with Gasteiger partial charge in [-0.05, 0) is 18.8 Å². The van der Waals surface area contributed by atoms with E-state index in [1.54, 1.807) is 0 Å². The summed E-state index contributed by atoms with van der Waals surface area (Å²) in [5, 5.41) is 7.31. The van der Waals surface area contributed by atoms with Crippen LogP contribution in [0.3, 0.4) is 0 Å². The van der Waals surface area contributed by atoms with E-state index >= 15 is 0 Å². The maximum atomic E-state index is 5.35. The quantitative estimate of drug-likeness (QED) is 0.852. The topological polar surface area (TPSA) is 51.0 Å². The number of hydrogen-bond acceptors (Lipinski definition) is 4. The second-order valence-corrected chi connectivity index (χ2v) is 5.10. The van der Waals surface area contributed by atoms with Crippen molar-refractivity contribution in [2.45, 2.75) is 58.5 Å². The minimum absolute atomic E-state index is 0.451. The molecule has 0 amide bonds. The Morgan fingerprint density at radius 2 is 2.25 bits per heavy atom. The lowest BCUT2D eigenvalue weighted by atomic mass is 9.98. The largest absolute Gasteiger partial charge is 0.339 e. The minimum Gasteiger partial charge on any atom is -0.339 e. The lowest BCUT2D eigenvalue weighted by molar-refractivity contribution is 0.327. The van der Waals surface area contributed by atoms with Gasteiger partial charge in [-0.2, -0.15) is 4.98 Å². The van der Waals surface area contributed by atoms with E-state index in [2.05, 4.69) is 36.2 Å². The molecule has 1 aromatic heterocycles. The van der Waals surface area contributed by atoms with Crippen LogP contribution in [0, 0.1) is 5.92 Å². The molecular weight excluding hydrogens is 202 g/mol. The Kier molecular flexibility index (Phi) is 3.59. The maximum absolute atomic E-state index is 5.35. The predicted octanol–water partition coefficient (Wildman–Crippen LogP) is 2.47. The molecule has 16 heavy (non-hydrogen) atoms. The van der Waals surface area contributed by atoms with Gasteiger partial charge >= 0.3 is 0 Å². The van der Waals surface area contributed by atoms with Crippen LogP contribution in [-0.2, 0) is 6.54 Å². The van der Waals surface area contributed by atoms with Gasteiger partial charge in [-0.1, -0.05) is 32.3 Å². The lowest BCUT2D eigenvalue weighted by Gasteiger charge is -2.08. The molecule has 1 heterocycles. The fourth-order valence-corrected chi connectivity index (χ4v) is 2.30. The number of nitrogens with zero attached hydrogens (tertiary/aromatic N) is 2. The van der Waals surface area contributed by atoms with Crippen molar-refractivity contribution in [3.63, 3.8) is 0 Å². The van der Waals surface area contributed by atoms with Crippen molar-refractivity contribution in [2.75, 3.05) is 0 Å². The fraction of sp³-hybridized carbons (Fsp3) is 0.833. The molecular formula is C12H21N3O. The van der Waals surface area contributed by atoms with Gasteiger partial charge in [0.25, 0.3) is 0 Å². The summed E-state index contributed by atoms with van der Waals surface area (Å²) in [6, 6.07) is 0.451. The van der Waals surface area contributed by atoms with E-state index in [1.165, 1.54) is 19.3 Å². The van der Waals surface area contributed by atoms with E-state index in [4.69, 9.17) is 4.52 Å². The summed E-state index contributed by atoms with van der Waals surface area (Å²) in [5.41, 5.74) is 0. The fourth-order valence-electron chi connectivity index (χ4n) is 2.30. The Bertz CT molecular complexity index is 335. The molecule has 2 rings (SSSR count). The summed E-state index contributed by atoms with van der Waals surface area (Å²) < 4.78 is 5.35. The molecule has 4 heteroatoms. The Hall–Kier alpha value is -0.900. The molecule has 1 saturated carbocycles. The Labute approximate surface area is 96.8 Å². The lowest BCUT2D eigenvalue weighted by Crippen LogP contribution is -2.22. The van der Waals surface area contributed by atoms with Gasteiger partial charge < -0.3 is 9.84 Å². The van der Waals surface area contributed by atoms with Gasteiger partial charge in [0, 0.05) is 12.0 Å². The smallest absolute Gasteiger partial charge is 0.230 e. The summed E-state index contributed by atoms with van der Waals surface area (Å²) in [6.45, 7) is 7.19. The van der Waals surface area contributed by atoms with Gasteiger partial charge in [-0.3, -0.25) is 0 Å². The molecule has 2 atom stereocenters. The highest BCUT2D eigenvalue weighted by molar-refractivity contribution is 4.98. The Morgan fingerprint density at radius 3 is 2.88 bits per heavy atom. The zero-order chi connectivity index (χ0) is 11.5. The third-order valence-corrected chi connectivity index (χ3v) is 3.33. The van der Waals surface area contributed by atoms with Gasteiger partial charge in [0.1, 0.15) is 0 Å². The van der Waals surface area contributed by atoms with E-state index < -0.39 is 0 Å². The molecule has 0 spiro atoms. The summed E-state index contributed by atoms with van der Waals surface area (Å²) in [5.74, 6) is 2.79. The van der Waals surface area contributed by atoms with Crippen molar-refractivity contribution in [1.82, 2.24) is 15.5 Å². The van der Waals surface area contributed by atoms with Gasteiger partial charge in [0.15, 0.2) is 5.82 Å². The first kappa shape index (κ1) is 11.6. The van der Waals surface area contributed by atoms with Crippen LogP contribution in [0.5, 0.6) is 0 Å². The number of rotatable bonds is 4. The molecule has 1 aliphatic carbocycles. The van der Waals surface area contributed by atoms with E-state index in [1.807, 2.05) is 0 Å². The van der Waals surface area contributed by atoms with Crippen LogP contribution >= 0.6 is 0 Å². The predicted molar refractivity (Wildman–Crippen MR) is 62.0 cm³/mol. The summed E-state index contributed by atoms with van der Waals surface area (Å²) in [7, 11) is 0. The summed E-state index contributed by atoms with van der Waals surface area (Å²) in [6.07, 6.45) is 3.76. The number of aromatic nitrogens is 2. The minimum atomic E-state index is 0.451. The van der Waals surface area contributed by atoms with Crippen LogP contribution in [0.15, 0.2) is 4.52 Å². The van der Waals surface area contributed by atoms with Crippen molar-refractivity contribution in [3.05, 3.63) is 11.7 Å². The van der Waals surface area contributed by atoms with E-state index in [0.717, 1.165) is 11.7 Å². The van der Waals surface area contributed by atoms with E-state index in [0.29, 0.717) is 24.4 Å². The second-order valence-electron chi connectivity index (χ2n) is 5.10. The first-order chi connectivity index (χ1) is 7.66. The molecule has 2 unspecified atom stereocenters. The standard InChI is InChI=1S/C12H21N3O/c1-8(2)13-7-11-14-12(16-15-11)10-6-4-5-9(10)3/h8-10,13H,4-7H2,1-3H3. The third kappa shape index (κ3) is 2.61.